The van der Waals surface area contributed by atoms with Gasteiger partial charge in [0.05, 0.1) is 11.1 Å². The van der Waals surface area contributed by atoms with Crippen LogP contribution in [0.2, 0.25) is 0 Å². The zero-order valence-corrected chi connectivity index (χ0v) is 15.5. The van der Waals surface area contributed by atoms with E-state index in [9.17, 15) is 9.90 Å². The second kappa shape index (κ2) is 7.74. The quantitative estimate of drug-likeness (QED) is 0.491. The van der Waals surface area contributed by atoms with Gasteiger partial charge >= 0.3 is 0 Å². The molecule has 0 saturated heterocycles. The highest BCUT2D eigenvalue weighted by molar-refractivity contribution is 9.10. The van der Waals surface area contributed by atoms with Crippen LogP contribution in [-0.2, 0) is 10.4 Å². The number of carbonyl (C=O) groups excluding carboxylic acids is 1. The van der Waals surface area contributed by atoms with Crippen molar-refractivity contribution in [3.63, 3.8) is 0 Å². The van der Waals surface area contributed by atoms with Gasteiger partial charge in [-0.25, -0.2) is 5.43 Å². The Labute approximate surface area is 158 Å². The number of thiophene rings is 1. The molecule has 1 aromatic heterocycles. The smallest absolute Gasteiger partial charge is 0.281 e. The Morgan fingerprint density at radius 2 is 1.60 bits per heavy atom. The van der Waals surface area contributed by atoms with Gasteiger partial charge in [0.1, 0.15) is 0 Å². The van der Waals surface area contributed by atoms with E-state index in [4.69, 9.17) is 0 Å². The number of halogens is 1. The van der Waals surface area contributed by atoms with Crippen molar-refractivity contribution in [2.24, 2.45) is 5.10 Å². The summed E-state index contributed by atoms with van der Waals surface area (Å²) < 4.78 is 0.900. The van der Waals surface area contributed by atoms with Crippen LogP contribution in [0.5, 0.6) is 0 Å². The molecular weight excluding hydrogens is 400 g/mol. The molecular formula is C19H15BrN2O2S. The number of rotatable bonds is 5. The number of nitrogens with zero attached hydrogens (tertiary/aromatic N) is 1. The molecule has 1 heterocycles. The first kappa shape index (κ1) is 17.5. The Kier molecular flexibility index (Phi) is 5.43. The largest absolute Gasteiger partial charge is 0.372 e. The Hall–Kier alpha value is -2.28. The monoisotopic (exact) mass is 414 g/mol. The molecule has 0 aliphatic rings. The Balaban J connectivity index is 1.91. The first-order valence-corrected chi connectivity index (χ1v) is 9.19. The van der Waals surface area contributed by atoms with Crippen molar-refractivity contribution in [1.29, 1.82) is 0 Å². The van der Waals surface area contributed by atoms with Gasteiger partial charge in [0.15, 0.2) is 5.60 Å². The molecule has 4 nitrogen and oxygen atoms in total. The van der Waals surface area contributed by atoms with E-state index in [-0.39, 0.29) is 0 Å². The number of hydrogen-bond donors (Lipinski definition) is 2. The molecule has 126 valence electrons. The van der Waals surface area contributed by atoms with Crippen LogP contribution >= 0.6 is 27.3 Å². The van der Waals surface area contributed by atoms with Gasteiger partial charge in [-0.15, -0.1) is 11.3 Å². The molecule has 6 heteroatoms. The van der Waals surface area contributed by atoms with Crippen LogP contribution in [0.15, 0.2) is 81.7 Å². The van der Waals surface area contributed by atoms with E-state index in [0.29, 0.717) is 11.1 Å². The molecule has 2 aromatic carbocycles. The molecule has 0 bridgehead atoms. The molecule has 0 saturated carbocycles. The molecule has 0 aliphatic heterocycles. The highest BCUT2D eigenvalue weighted by atomic mass is 79.9. The van der Waals surface area contributed by atoms with E-state index in [1.54, 1.807) is 54.7 Å². The van der Waals surface area contributed by atoms with Crippen molar-refractivity contribution in [3.05, 3.63) is 92.6 Å². The first-order chi connectivity index (χ1) is 12.1. The van der Waals surface area contributed by atoms with Gasteiger partial charge in [0.2, 0.25) is 0 Å². The van der Waals surface area contributed by atoms with Crippen LogP contribution in [0.4, 0.5) is 0 Å². The van der Waals surface area contributed by atoms with Gasteiger partial charge in [-0.05, 0) is 38.5 Å². The van der Waals surface area contributed by atoms with Crippen molar-refractivity contribution in [2.45, 2.75) is 5.60 Å². The summed E-state index contributed by atoms with van der Waals surface area (Å²) in [4.78, 5) is 13.7. The number of benzene rings is 2. The molecule has 0 aliphatic carbocycles. The minimum Gasteiger partial charge on any atom is -0.372 e. The van der Waals surface area contributed by atoms with Gasteiger partial charge in [-0.3, -0.25) is 4.79 Å². The van der Waals surface area contributed by atoms with Gasteiger partial charge in [0.25, 0.3) is 5.91 Å². The number of hydrogen-bond acceptors (Lipinski definition) is 4. The number of aliphatic hydroxyl groups is 1. The van der Waals surface area contributed by atoms with Gasteiger partial charge in [0, 0.05) is 4.47 Å². The Morgan fingerprint density at radius 3 is 2.08 bits per heavy atom. The molecule has 0 unspecified atom stereocenters. The summed E-state index contributed by atoms with van der Waals surface area (Å²) in [5.41, 5.74) is 1.58. The summed E-state index contributed by atoms with van der Waals surface area (Å²) in [5, 5.41) is 17.1. The zero-order valence-electron chi connectivity index (χ0n) is 13.1. The normalized spacial score (nSPS) is 11.6. The van der Waals surface area contributed by atoms with Gasteiger partial charge in [-0.1, -0.05) is 60.7 Å². The van der Waals surface area contributed by atoms with E-state index < -0.39 is 11.5 Å². The molecule has 2 N–H and O–H groups in total. The summed E-state index contributed by atoms with van der Waals surface area (Å²) in [6.07, 6.45) is 1.54. The molecule has 0 atom stereocenters. The van der Waals surface area contributed by atoms with Crippen molar-refractivity contribution in [2.75, 3.05) is 0 Å². The Bertz CT molecular complexity index is 839. The predicted octanol–water partition coefficient (Wildman–Crippen LogP) is 3.90. The summed E-state index contributed by atoms with van der Waals surface area (Å²) in [6, 6.07) is 19.5. The second-order valence-electron chi connectivity index (χ2n) is 5.27. The van der Waals surface area contributed by atoms with E-state index in [1.165, 1.54) is 11.3 Å². The molecule has 0 fully saturated rings. The summed E-state index contributed by atoms with van der Waals surface area (Å²) in [5.74, 6) is -0.617. The SMILES string of the molecule is O=C(N/N=C/c1sccc1Br)C(O)(c1ccccc1)c1ccccc1. The predicted molar refractivity (Wildman–Crippen MR) is 104 cm³/mol. The third-order valence-electron chi connectivity index (χ3n) is 3.70. The number of carbonyl (C=O) groups is 1. The van der Waals surface area contributed by atoms with Gasteiger partial charge < -0.3 is 5.11 Å². The van der Waals surface area contributed by atoms with Gasteiger partial charge in [-0.2, -0.15) is 5.10 Å². The van der Waals surface area contributed by atoms with E-state index in [2.05, 4.69) is 26.5 Å². The fraction of sp³-hybridized carbons (Fsp3) is 0.0526. The molecule has 3 rings (SSSR count). The highest BCUT2D eigenvalue weighted by Gasteiger charge is 2.39. The van der Waals surface area contributed by atoms with E-state index in [1.807, 2.05) is 23.6 Å². The lowest BCUT2D eigenvalue weighted by Crippen LogP contribution is -2.43. The zero-order chi connectivity index (χ0) is 17.7. The lowest BCUT2D eigenvalue weighted by Gasteiger charge is -2.27. The van der Waals surface area contributed by atoms with Crippen LogP contribution in [-0.4, -0.2) is 17.2 Å². The maximum Gasteiger partial charge on any atom is 0.281 e. The molecule has 1 amide bonds. The maximum absolute atomic E-state index is 12.8. The van der Waals surface area contributed by atoms with Crippen LogP contribution in [0.3, 0.4) is 0 Å². The minimum atomic E-state index is -1.83. The second-order valence-corrected chi connectivity index (χ2v) is 7.08. The van der Waals surface area contributed by atoms with Crippen molar-refractivity contribution in [1.82, 2.24) is 5.43 Å². The average molecular weight is 415 g/mol. The fourth-order valence-corrected chi connectivity index (χ4v) is 3.75. The van der Waals surface area contributed by atoms with Crippen molar-refractivity contribution in [3.8, 4) is 0 Å². The molecule has 3 aromatic rings. The van der Waals surface area contributed by atoms with Crippen LogP contribution < -0.4 is 5.43 Å². The lowest BCUT2D eigenvalue weighted by atomic mass is 9.85. The van der Waals surface area contributed by atoms with Crippen molar-refractivity contribution >= 4 is 39.4 Å². The summed E-state index contributed by atoms with van der Waals surface area (Å²) >= 11 is 4.89. The molecule has 0 spiro atoms. The summed E-state index contributed by atoms with van der Waals surface area (Å²) in [7, 11) is 0. The van der Waals surface area contributed by atoms with Crippen LogP contribution in [0.25, 0.3) is 0 Å². The standard InChI is InChI=1S/C19H15BrN2O2S/c20-16-11-12-25-17(16)13-21-22-18(23)19(24,14-7-3-1-4-8-14)15-9-5-2-6-10-15/h1-13,24H,(H,22,23)/b21-13+. The number of hydrazone groups is 1. The third kappa shape index (κ3) is 3.71. The number of amides is 1. The first-order valence-electron chi connectivity index (χ1n) is 7.52. The van der Waals surface area contributed by atoms with Crippen LogP contribution in [0.1, 0.15) is 16.0 Å². The topological polar surface area (TPSA) is 61.7 Å². The molecule has 25 heavy (non-hydrogen) atoms. The minimum absolute atomic E-state index is 0.478. The Morgan fingerprint density at radius 1 is 1.04 bits per heavy atom. The van der Waals surface area contributed by atoms with Crippen molar-refractivity contribution < 1.29 is 9.90 Å². The van der Waals surface area contributed by atoms with E-state index in [0.717, 1.165) is 9.35 Å². The maximum atomic E-state index is 12.8. The molecule has 0 radical (unpaired) electrons. The third-order valence-corrected chi connectivity index (χ3v) is 5.51. The van der Waals surface area contributed by atoms with E-state index >= 15 is 0 Å². The number of nitrogens with one attached hydrogen (secondary N) is 1. The fourth-order valence-electron chi connectivity index (χ4n) is 2.42. The summed E-state index contributed by atoms with van der Waals surface area (Å²) in [6.45, 7) is 0. The highest BCUT2D eigenvalue weighted by Crippen LogP contribution is 2.29. The van der Waals surface area contributed by atoms with Crippen LogP contribution in [0, 0.1) is 0 Å². The lowest BCUT2D eigenvalue weighted by molar-refractivity contribution is -0.136. The average Bonchev–Trinajstić information content (AvgIpc) is 3.07.